The summed E-state index contributed by atoms with van der Waals surface area (Å²) in [6, 6.07) is 0. The lowest BCUT2D eigenvalue weighted by atomic mass is 10.3. The Morgan fingerprint density at radius 2 is 1.69 bits per heavy atom. The average Bonchev–Trinajstić information content (AvgIpc) is 2.09. The SMILES string of the molecule is CC.CCC.CNCCCC(N)=O. The highest BCUT2D eigenvalue weighted by atomic mass is 16.1. The molecule has 0 spiro atoms. The van der Waals surface area contributed by atoms with Gasteiger partial charge in [-0.1, -0.05) is 34.1 Å². The van der Waals surface area contributed by atoms with E-state index in [-0.39, 0.29) is 5.91 Å². The molecule has 0 saturated carbocycles. The summed E-state index contributed by atoms with van der Waals surface area (Å²) >= 11 is 0. The Balaban J connectivity index is -0.000000169. The van der Waals surface area contributed by atoms with Gasteiger partial charge in [-0.2, -0.15) is 0 Å². The summed E-state index contributed by atoms with van der Waals surface area (Å²) in [5.41, 5.74) is 4.87. The monoisotopic (exact) mass is 190 g/mol. The van der Waals surface area contributed by atoms with Crippen LogP contribution in [0.15, 0.2) is 0 Å². The molecule has 3 nitrogen and oxygen atoms in total. The molecule has 0 fully saturated rings. The van der Waals surface area contributed by atoms with Crippen LogP contribution in [0, 0.1) is 0 Å². The Kier molecular flexibility index (Phi) is 31.6. The quantitative estimate of drug-likeness (QED) is 0.665. The van der Waals surface area contributed by atoms with Crippen molar-refractivity contribution in [3.8, 4) is 0 Å². The van der Waals surface area contributed by atoms with Gasteiger partial charge < -0.3 is 11.1 Å². The summed E-state index contributed by atoms with van der Waals surface area (Å²) in [6.45, 7) is 9.11. The summed E-state index contributed by atoms with van der Waals surface area (Å²) in [7, 11) is 1.85. The van der Waals surface area contributed by atoms with Gasteiger partial charge >= 0.3 is 0 Å². The molecule has 0 aromatic rings. The first-order valence-electron chi connectivity index (χ1n) is 5.11. The fraction of sp³-hybridized carbons (Fsp3) is 0.900. The van der Waals surface area contributed by atoms with Crippen molar-refractivity contribution in [1.29, 1.82) is 0 Å². The number of rotatable bonds is 4. The lowest BCUT2D eigenvalue weighted by molar-refractivity contribution is -0.118. The lowest BCUT2D eigenvalue weighted by Gasteiger charge is -1.93. The number of carbonyl (C=O) groups excluding carboxylic acids is 1. The van der Waals surface area contributed by atoms with Crippen LogP contribution < -0.4 is 11.1 Å². The predicted octanol–water partition coefficient (Wildman–Crippen LogP) is 1.91. The minimum Gasteiger partial charge on any atom is -0.370 e. The van der Waals surface area contributed by atoms with Gasteiger partial charge in [0, 0.05) is 6.42 Å². The van der Waals surface area contributed by atoms with Crippen LogP contribution in [0.4, 0.5) is 0 Å². The van der Waals surface area contributed by atoms with E-state index in [2.05, 4.69) is 19.2 Å². The van der Waals surface area contributed by atoms with Crippen LogP contribution in [0.5, 0.6) is 0 Å². The molecule has 0 radical (unpaired) electrons. The third-order valence-corrected chi connectivity index (χ3v) is 0.850. The second-order valence-corrected chi connectivity index (χ2v) is 2.38. The first-order valence-corrected chi connectivity index (χ1v) is 5.11. The standard InChI is InChI=1S/C5H12N2O.C3H8.C2H6/c1-7-4-2-3-5(6)8;1-3-2;1-2/h7H,2-4H2,1H3,(H2,6,8);3H2,1-2H3;1-2H3. The molecule has 0 aliphatic carbocycles. The van der Waals surface area contributed by atoms with Gasteiger partial charge in [0.15, 0.2) is 0 Å². The van der Waals surface area contributed by atoms with Crippen LogP contribution in [-0.4, -0.2) is 19.5 Å². The second kappa shape index (κ2) is 22.5. The van der Waals surface area contributed by atoms with E-state index in [0.29, 0.717) is 6.42 Å². The fourth-order valence-corrected chi connectivity index (χ4v) is 0.439. The number of carbonyl (C=O) groups is 1. The van der Waals surface area contributed by atoms with Gasteiger partial charge in [0.05, 0.1) is 0 Å². The van der Waals surface area contributed by atoms with Crippen molar-refractivity contribution in [2.75, 3.05) is 13.6 Å². The Hall–Kier alpha value is -0.570. The molecule has 0 rings (SSSR count). The predicted molar refractivity (Wildman–Crippen MR) is 59.7 cm³/mol. The molecule has 0 aliphatic heterocycles. The largest absolute Gasteiger partial charge is 0.370 e. The Bertz CT molecular complexity index is 85.0. The molecule has 0 saturated heterocycles. The van der Waals surface area contributed by atoms with Crippen molar-refractivity contribution < 1.29 is 4.79 Å². The lowest BCUT2D eigenvalue weighted by Crippen LogP contribution is -2.14. The molecule has 0 aromatic carbocycles. The maximum absolute atomic E-state index is 10.1. The highest BCUT2D eigenvalue weighted by Crippen LogP contribution is 1.81. The van der Waals surface area contributed by atoms with Crippen molar-refractivity contribution >= 4 is 5.91 Å². The number of amides is 1. The molecule has 82 valence electrons. The van der Waals surface area contributed by atoms with E-state index in [4.69, 9.17) is 5.73 Å². The van der Waals surface area contributed by atoms with Gasteiger partial charge in [-0.25, -0.2) is 0 Å². The molecule has 0 bridgehead atoms. The van der Waals surface area contributed by atoms with E-state index in [0.717, 1.165) is 13.0 Å². The van der Waals surface area contributed by atoms with Crippen LogP contribution in [0.3, 0.4) is 0 Å². The first kappa shape index (κ1) is 18.3. The molecule has 0 aromatic heterocycles. The molecule has 3 N–H and O–H groups in total. The van der Waals surface area contributed by atoms with Crippen molar-refractivity contribution in [2.24, 2.45) is 5.73 Å². The zero-order chi connectivity index (χ0) is 11.1. The van der Waals surface area contributed by atoms with Crippen molar-refractivity contribution in [2.45, 2.75) is 47.0 Å². The van der Waals surface area contributed by atoms with Gasteiger partial charge in [-0.05, 0) is 20.0 Å². The Morgan fingerprint density at radius 1 is 1.31 bits per heavy atom. The second-order valence-electron chi connectivity index (χ2n) is 2.38. The van der Waals surface area contributed by atoms with E-state index in [1.54, 1.807) is 0 Å². The highest BCUT2D eigenvalue weighted by molar-refractivity contribution is 5.73. The molecular weight excluding hydrogens is 164 g/mol. The minimum absolute atomic E-state index is 0.222. The zero-order valence-corrected chi connectivity index (χ0v) is 9.81. The van der Waals surface area contributed by atoms with E-state index < -0.39 is 0 Å². The minimum atomic E-state index is -0.222. The van der Waals surface area contributed by atoms with Gasteiger partial charge in [0.25, 0.3) is 0 Å². The van der Waals surface area contributed by atoms with E-state index in [1.807, 2.05) is 20.9 Å². The molecule has 0 aliphatic rings. The number of primary amides is 1. The maximum Gasteiger partial charge on any atom is 0.217 e. The van der Waals surface area contributed by atoms with E-state index in [9.17, 15) is 4.79 Å². The van der Waals surface area contributed by atoms with Gasteiger partial charge in [0.2, 0.25) is 5.91 Å². The normalized spacial score (nSPS) is 7.46. The fourth-order valence-electron chi connectivity index (χ4n) is 0.439. The van der Waals surface area contributed by atoms with E-state index in [1.165, 1.54) is 6.42 Å². The Morgan fingerprint density at radius 3 is 1.92 bits per heavy atom. The van der Waals surface area contributed by atoms with Crippen LogP contribution >= 0.6 is 0 Å². The molecule has 13 heavy (non-hydrogen) atoms. The third-order valence-electron chi connectivity index (χ3n) is 0.850. The summed E-state index contributed by atoms with van der Waals surface area (Å²) in [6.07, 6.45) is 2.58. The van der Waals surface area contributed by atoms with Crippen LogP contribution in [0.1, 0.15) is 47.0 Å². The van der Waals surface area contributed by atoms with Crippen molar-refractivity contribution in [1.82, 2.24) is 5.32 Å². The molecule has 0 atom stereocenters. The zero-order valence-electron chi connectivity index (χ0n) is 9.81. The van der Waals surface area contributed by atoms with Gasteiger partial charge in [0.1, 0.15) is 0 Å². The number of hydrogen-bond donors (Lipinski definition) is 2. The van der Waals surface area contributed by atoms with E-state index >= 15 is 0 Å². The maximum atomic E-state index is 10.1. The first-order chi connectivity index (χ1) is 6.18. The summed E-state index contributed by atoms with van der Waals surface area (Å²) in [5, 5.41) is 2.92. The highest BCUT2D eigenvalue weighted by Gasteiger charge is 1.89. The molecule has 0 unspecified atom stereocenters. The molecule has 0 heterocycles. The summed E-state index contributed by atoms with van der Waals surface area (Å²) in [4.78, 5) is 10.1. The van der Waals surface area contributed by atoms with Crippen LogP contribution in [0.2, 0.25) is 0 Å². The van der Waals surface area contributed by atoms with Gasteiger partial charge in [-0.15, -0.1) is 0 Å². The Labute approximate surface area is 83.1 Å². The summed E-state index contributed by atoms with van der Waals surface area (Å²) in [5.74, 6) is -0.222. The number of nitrogens with one attached hydrogen (secondary N) is 1. The molecule has 1 amide bonds. The van der Waals surface area contributed by atoms with Crippen LogP contribution in [0.25, 0.3) is 0 Å². The smallest absolute Gasteiger partial charge is 0.217 e. The number of hydrogen-bond acceptors (Lipinski definition) is 2. The number of nitrogens with two attached hydrogens (primary N) is 1. The average molecular weight is 190 g/mol. The van der Waals surface area contributed by atoms with Gasteiger partial charge in [-0.3, -0.25) is 4.79 Å². The molecular formula is C10H26N2O. The molecule has 3 heteroatoms. The van der Waals surface area contributed by atoms with Crippen molar-refractivity contribution in [3.63, 3.8) is 0 Å². The topological polar surface area (TPSA) is 55.1 Å². The van der Waals surface area contributed by atoms with Crippen LogP contribution in [-0.2, 0) is 4.79 Å². The summed E-state index contributed by atoms with van der Waals surface area (Å²) < 4.78 is 0. The van der Waals surface area contributed by atoms with Crippen molar-refractivity contribution in [3.05, 3.63) is 0 Å². The third kappa shape index (κ3) is 51.8.